The summed E-state index contributed by atoms with van der Waals surface area (Å²) in [6.45, 7) is 1.96. The van der Waals surface area contributed by atoms with Crippen molar-refractivity contribution in [1.29, 1.82) is 0 Å². The molecule has 0 unspecified atom stereocenters. The minimum atomic E-state index is -0.526. The molecule has 1 aromatic heterocycles. The predicted octanol–water partition coefficient (Wildman–Crippen LogP) is 1.04. The smallest absolute Gasteiger partial charge is 0.332 e. The van der Waals surface area contributed by atoms with Crippen LogP contribution in [0, 0.1) is 0 Å². The van der Waals surface area contributed by atoms with E-state index in [9.17, 15) is 9.59 Å². The Kier molecular flexibility index (Phi) is 4.93. The van der Waals surface area contributed by atoms with Crippen LogP contribution in [0.25, 0.3) is 0 Å². The second kappa shape index (κ2) is 6.47. The summed E-state index contributed by atoms with van der Waals surface area (Å²) in [5.74, 6) is -0.660. The maximum absolute atomic E-state index is 11.5. The fourth-order valence-electron chi connectivity index (χ4n) is 1.07. The number of nitrogens with two attached hydrogens (primary N) is 1. The Bertz CT molecular complexity index is 389. The van der Waals surface area contributed by atoms with Crippen molar-refractivity contribution in [2.75, 3.05) is 5.73 Å². The molecule has 3 N–H and O–H groups in total. The van der Waals surface area contributed by atoms with Crippen LogP contribution in [0.5, 0.6) is 0 Å². The van der Waals surface area contributed by atoms with Gasteiger partial charge in [-0.1, -0.05) is 13.3 Å². The minimum absolute atomic E-state index is 0.280. The van der Waals surface area contributed by atoms with Gasteiger partial charge in [-0.3, -0.25) is 4.79 Å². The molecule has 0 saturated carbocycles. The van der Waals surface area contributed by atoms with Crippen LogP contribution in [0.3, 0.4) is 0 Å². The molecule has 0 aliphatic heterocycles. The van der Waals surface area contributed by atoms with E-state index >= 15 is 0 Å². The molecule has 0 spiro atoms. The lowest BCUT2D eigenvalue weighted by Crippen LogP contribution is -2.27. The molecule has 92 valence electrons. The summed E-state index contributed by atoms with van der Waals surface area (Å²) in [5.41, 5.74) is 7.71. The maximum atomic E-state index is 11.5. The lowest BCUT2D eigenvalue weighted by Gasteiger charge is -2.05. The highest BCUT2D eigenvalue weighted by molar-refractivity contribution is 5.93. The highest BCUT2D eigenvalue weighted by atomic mass is 16.7. The van der Waals surface area contributed by atoms with Gasteiger partial charge in [0.1, 0.15) is 5.82 Å². The van der Waals surface area contributed by atoms with Crippen LogP contribution in [-0.4, -0.2) is 16.9 Å². The van der Waals surface area contributed by atoms with E-state index in [0.717, 1.165) is 12.8 Å². The van der Waals surface area contributed by atoms with Crippen molar-refractivity contribution in [3.8, 4) is 0 Å². The second-order valence-corrected chi connectivity index (χ2v) is 3.48. The van der Waals surface area contributed by atoms with E-state index in [1.54, 1.807) is 0 Å². The zero-order valence-electron chi connectivity index (χ0n) is 9.60. The van der Waals surface area contributed by atoms with Gasteiger partial charge in [0.15, 0.2) is 0 Å². The van der Waals surface area contributed by atoms with Gasteiger partial charge in [0.2, 0.25) is 0 Å². The van der Waals surface area contributed by atoms with Crippen molar-refractivity contribution in [1.82, 2.24) is 10.5 Å². The Morgan fingerprint density at radius 2 is 2.24 bits per heavy atom. The molecule has 6 heteroatoms. The largest absolute Gasteiger partial charge is 0.384 e. The third-order valence-electron chi connectivity index (χ3n) is 2.04. The molecular weight excluding hydrogens is 222 g/mol. The Morgan fingerprint density at radius 1 is 1.47 bits per heavy atom. The molecule has 0 fully saturated rings. The van der Waals surface area contributed by atoms with E-state index in [2.05, 4.69) is 15.3 Å². The van der Waals surface area contributed by atoms with Crippen LogP contribution in [0.2, 0.25) is 0 Å². The lowest BCUT2D eigenvalue weighted by atomic mass is 10.2. The quantitative estimate of drug-likeness (QED) is 0.763. The minimum Gasteiger partial charge on any atom is -0.384 e. The standard InChI is InChI=1S/C11H15N3O3/c1-2-3-4-10(15)17-14-11(16)8-5-6-9(12)13-7-8/h5-7H,2-4H2,1H3,(H2,12,13)(H,14,16). The van der Waals surface area contributed by atoms with Gasteiger partial charge in [-0.05, 0) is 18.6 Å². The molecule has 0 aromatic carbocycles. The van der Waals surface area contributed by atoms with E-state index in [1.807, 2.05) is 6.92 Å². The first-order valence-corrected chi connectivity index (χ1v) is 5.35. The van der Waals surface area contributed by atoms with Gasteiger partial charge in [-0.25, -0.2) is 9.78 Å². The van der Waals surface area contributed by atoms with Crippen molar-refractivity contribution in [3.63, 3.8) is 0 Å². The molecule has 0 radical (unpaired) electrons. The molecule has 0 aliphatic carbocycles. The van der Waals surface area contributed by atoms with Crippen molar-refractivity contribution in [2.45, 2.75) is 26.2 Å². The van der Waals surface area contributed by atoms with Crippen LogP contribution in [0.4, 0.5) is 5.82 Å². The summed E-state index contributed by atoms with van der Waals surface area (Å²) in [6, 6.07) is 2.99. The summed E-state index contributed by atoms with van der Waals surface area (Å²) in [4.78, 5) is 30.9. The number of unbranched alkanes of at least 4 members (excludes halogenated alkanes) is 1. The molecule has 0 saturated heterocycles. The first kappa shape index (κ1) is 13.0. The van der Waals surface area contributed by atoms with E-state index in [1.165, 1.54) is 18.3 Å². The Morgan fingerprint density at radius 3 is 2.82 bits per heavy atom. The topological polar surface area (TPSA) is 94.3 Å². The van der Waals surface area contributed by atoms with Gasteiger partial charge in [0.25, 0.3) is 5.91 Å². The number of pyridine rings is 1. The predicted molar refractivity (Wildman–Crippen MR) is 61.7 cm³/mol. The number of carbonyl (C=O) groups is 2. The fourth-order valence-corrected chi connectivity index (χ4v) is 1.07. The Hall–Kier alpha value is -2.11. The summed E-state index contributed by atoms with van der Waals surface area (Å²) in [7, 11) is 0. The van der Waals surface area contributed by atoms with E-state index < -0.39 is 11.9 Å². The zero-order valence-corrected chi connectivity index (χ0v) is 9.60. The first-order chi connectivity index (χ1) is 8.13. The molecule has 0 aliphatic rings. The summed E-state index contributed by atoms with van der Waals surface area (Å²) in [5, 5.41) is 0. The van der Waals surface area contributed by atoms with Crippen LogP contribution >= 0.6 is 0 Å². The number of rotatable bonds is 4. The SMILES string of the molecule is CCCCC(=O)ONC(=O)c1ccc(N)nc1. The first-order valence-electron chi connectivity index (χ1n) is 5.35. The Labute approximate surface area is 99.1 Å². The number of amides is 1. The van der Waals surface area contributed by atoms with Crippen LogP contribution in [0.1, 0.15) is 36.5 Å². The maximum Gasteiger partial charge on any atom is 0.332 e. The third kappa shape index (κ3) is 4.50. The monoisotopic (exact) mass is 237 g/mol. The molecule has 1 rings (SSSR count). The van der Waals surface area contributed by atoms with Gasteiger partial charge in [-0.15, -0.1) is 0 Å². The van der Waals surface area contributed by atoms with Gasteiger partial charge in [-0.2, -0.15) is 5.48 Å². The molecule has 1 heterocycles. The number of hydroxylamine groups is 1. The van der Waals surface area contributed by atoms with Crippen LogP contribution in [-0.2, 0) is 9.63 Å². The summed E-state index contributed by atoms with van der Waals surface area (Å²) >= 11 is 0. The Balaban J connectivity index is 2.39. The molecule has 1 amide bonds. The second-order valence-electron chi connectivity index (χ2n) is 3.48. The number of carbonyl (C=O) groups excluding carboxylic acids is 2. The van der Waals surface area contributed by atoms with Crippen molar-refractivity contribution < 1.29 is 14.4 Å². The number of nitrogens with one attached hydrogen (secondary N) is 1. The number of nitrogens with zero attached hydrogens (tertiary/aromatic N) is 1. The lowest BCUT2D eigenvalue weighted by molar-refractivity contribution is -0.149. The van der Waals surface area contributed by atoms with Gasteiger partial charge < -0.3 is 10.6 Å². The number of hydrogen-bond acceptors (Lipinski definition) is 5. The summed E-state index contributed by atoms with van der Waals surface area (Å²) in [6.07, 6.45) is 3.23. The molecular formula is C11H15N3O3. The number of nitrogen functional groups attached to an aromatic ring is 1. The zero-order chi connectivity index (χ0) is 12.7. The molecule has 0 bridgehead atoms. The molecule has 0 atom stereocenters. The van der Waals surface area contributed by atoms with Crippen LogP contribution < -0.4 is 11.2 Å². The molecule has 1 aromatic rings. The van der Waals surface area contributed by atoms with Crippen LogP contribution in [0.15, 0.2) is 18.3 Å². The van der Waals surface area contributed by atoms with E-state index in [-0.39, 0.29) is 12.0 Å². The van der Waals surface area contributed by atoms with E-state index in [0.29, 0.717) is 5.82 Å². The fraction of sp³-hybridized carbons (Fsp3) is 0.364. The average Bonchev–Trinajstić information content (AvgIpc) is 2.34. The van der Waals surface area contributed by atoms with Gasteiger partial charge >= 0.3 is 5.97 Å². The number of aromatic nitrogens is 1. The van der Waals surface area contributed by atoms with Crippen molar-refractivity contribution in [3.05, 3.63) is 23.9 Å². The average molecular weight is 237 g/mol. The number of anilines is 1. The highest BCUT2D eigenvalue weighted by Gasteiger charge is 2.08. The number of hydrogen-bond donors (Lipinski definition) is 2. The van der Waals surface area contributed by atoms with Crippen molar-refractivity contribution >= 4 is 17.7 Å². The molecule has 6 nitrogen and oxygen atoms in total. The summed E-state index contributed by atoms with van der Waals surface area (Å²) < 4.78 is 0. The normalized spacial score (nSPS) is 9.71. The highest BCUT2D eigenvalue weighted by Crippen LogP contribution is 2.01. The molecule has 17 heavy (non-hydrogen) atoms. The third-order valence-corrected chi connectivity index (χ3v) is 2.04. The van der Waals surface area contributed by atoms with Gasteiger partial charge in [0, 0.05) is 12.6 Å². The van der Waals surface area contributed by atoms with Crippen molar-refractivity contribution in [2.24, 2.45) is 0 Å². The van der Waals surface area contributed by atoms with Gasteiger partial charge in [0.05, 0.1) is 5.56 Å². The van der Waals surface area contributed by atoms with E-state index in [4.69, 9.17) is 5.73 Å².